The Morgan fingerprint density at radius 2 is 2.28 bits per heavy atom. The van der Waals surface area contributed by atoms with Crippen molar-refractivity contribution < 1.29 is 9.13 Å². The molecule has 1 aliphatic rings. The molecule has 1 aliphatic heterocycles. The first-order valence-electron chi connectivity index (χ1n) is 6.53. The van der Waals surface area contributed by atoms with E-state index in [1.165, 1.54) is 12.5 Å². The van der Waals surface area contributed by atoms with Gasteiger partial charge < -0.3 is 10.1 Å². The van der Waals surface area contributed by atoms with Gasteiger partial charge in [0.05, 0.1) is 11.8 Å². The van der Waals surface area contributed by atoms with E-state index in [9.17, 15) is 4.39 Å². The minimum Gasteiger partial charge on any atom is -0.381 e. The number of nitrogens with zero attached hydrogens (tertiary/aromatic N) is 1. The summed E-state index contributed by atoms with van der Waals surface area (Å²) in [6.07, 6.45) is 2.68. The zero-order valence-electron chi connectivity index (χ0n) is 10.9. The van der Waals surface area contributed by atoms with Crippen molar-refractivity contribution in [3.05, 3.63) is 30.1 Å². The lowest BCUT2D eigenvalue weighted by molar-refractivity contribution is 0.0329. The van der Waals surface area contributed by atoms with E-state index < -0.39 is 0 Å². The third kappa shape index (κ3) is 3.68. The van der Waals surface area contributed by atoms with Crippen LogP contribution in [-0.4, -0.2) is 44.3 Å². The third-order valence-corrected chi connectivity index (χ3v) is 3.41. The quantitative estimate of drug-likeness (QED) is 0.870. The van der Waals surface area contributed by atoms with Crippen LogP contribution in [0, 0.1) is 5.82 Å². The highest BCUT2D eigenvalue weighted by Gasteiger charge is 2.18. The van der Waals surface area contributed by atoms with Gasteiger partial charge in [-0.3, -0.25) is 4.90 Å². The van der Waals surface area contributed by atoms with E-state index >= 15 is 0 Å². The maximum Gasteiger partial charge on any atom is 0.146 e. The van der Waals surface area contributed by atoms with E-state index in [-0.39, 0.29) is 5.82 Å². The molecule has 1 unspecified atom stereocenters. The van der Waals surface area contributed by atoms with Gasteiger partial charge in [-0.2, -0.15) is 0 Å². The number of para-hydroxylation sites is 1. The molecule has 0 amide bonds. The number of benzene rings is 1. The van der Waals surface area contributed by atoms with Crippen molar-refractivity contribution in [2.75, 3.05) is 38.6 Å². The maximum absolute atomic E-state index is 13.4. The Labute approximate surface area is 108 Å². The Morgan fingerprint density at radius 1 is 1.44 bits per heavy atom. The second kappa shape index (κ2) is 6.71. The number of hydrogen-bond donors (Lipinski definition) is 1. The van der Waals surface area contributed by atoms with Crippen LogP contribution in [0.2, 0.25) is 0 Å². The van der Waals surface area contributed by atoms with Crippen molar-refractivity contribution in [2.24, 2.45) is 0 Å². The van der Waals surface area contributed by atoms with E-state index in [0.29, 0.717) is 11.8 Å². The number of ether oxygens (including phenoxy) is 1. The van der Waals surface area contributed by atoms with Gasteiger partial charge in [-0.15, -0.1) is 0 Å². The number of methoxy groups -OCH3 is 1. The van der Waals surface area contributed by atoms with Gasteiger partial charge in [0.25, 0.3) is 0 Å². The molecular formula is C14H21FN2O. The molecule has 1 N–H and O–H groups in total. The third-order valence-electron chi connectivity index (χ3n) is 3.41. The first kappa shape index (κ1) is 13.3. The van der Waals surface area contributed by atoms with E-state index in [0.717, 1.165) is 32.6 Å². The van der Waals surface area contributed by atoms with Crippen molar-refractivity contribution in [2.45, 2.75) is 18.9 Å². The Morgan fingerprint density at radius 3 is 3.06 bits per heavy atom. The zero-order chi connectivity index (χ0) is 12.8. The molecule has 2 rings (SSSR count). The molecular weight excluding hydrogens is 231 g/mol. The van der Waals surface area contributed by atoms with Crippen LogP contribution in [0.15, 0.2) is 24.3 Å². The van der Waals surface area contributed by atoms with Gasteiger partial charge in [0.15, 0.2) is 0 Å². The summed E-state index contributed by atoms with van der Waals surface area (Å²) in [4.78, 5) is 2.37. The summed E-state index contributed by atoms with van der Waals surface area (Å²) in [7, 11) is 1.77. The van der Waals surface area contributed by atoms with Crippen molar-refractivity contribution in [1.82, 2.24) is 4.90 Å². The highest BCUT2D eigenvalue weighted by atomic mass is 19.1. The molecule has 0 spiro atoms. The van der Waals surface area contributed by atoms with Crippen molar-refractivity contribution in [3.63, 3.8) is 0 Å². The van der Waals surface area contributed by atoms with Crippen LogP contribution in [0.5, 0.6) is 0 Å². The Balaban J connectivity index is 1.73. The van der Waals surface area contributed by atoms with E-state index in [2.05, 4.69) is 10.2 Å². The highest BCUT2D eigenvalue weighted by molar-refractivity contribution is 5.44. The summed E-state index contributed by atoms with van der Waals surface area (Å²) in [5, 5.41) is 3.14. The van der Waals surface area contributed by atoms with Crippen molar-refractivity contribution in [1.29, 1.82) is 0 Å². The number of halogens is 1. The molecule has 3 nitrogen and oxygen atoms in total. The summed E-state index contributed by atoms with van der Waals surface area (Å²) < 4.78 is 18.8. The summed E-state index contributed by atoms with van der Waals surface area (Å²) >= 11 is 0. The fourth-order valence-electron chi connectivity index (χ4n) is 2.36. The summed E-state index contributed by atoms with van der Waals surface area (Å²) in [5.74, 6) is -0.189. The van der Waals surface area contributed by atoms with Gasteiger partial charge in [-0.1, -0.05) is 12.1 Å². The smallest absolute Gasteiger partial charge is 0.146 e. The van der Waals surface area contributed by atoms with Crippen LogP contribution in [0.1, 0.15) is 12.8 Å². The topological polar surface area (TPSA) is 24.5 Å². The first-order valence-corrected chi connectivity index (χ1v) is 6.53. The van der Waals surface area contributed by atoms with Crippen LogP contribution < -0.4 is 5.32 Å². The average molecular weight is 252 g/mol. The molecule has 1 aromatic carbocycles. The Bertz CT molecular complexity index is 373. The fourth-order valence-corrected chi connectivity index (χ4v) is 2.36. The lowest BCUT2D eigenvalue weighted by Crippen LogP contribution is -2.41. The lowest BCUT2D eigenvalue weighted by Gasteiger charge is -2.31. The molecule has 0 radical (unpaired) electrons. The van der Waals surface area contributed by atoms with Crippen molar-refractivity contribution in [3.8, 4) is 0 Å². The van der Waals surface area contributed by atoms with E-state index in [1.54, 1.807) is 19.2 Å². The lowest BCUT2D eigenvalue weighted by atomic mass is 10.1. The number of nitrogens with one attached hydrogen (secondary N) is 1. The fraction of sp³-hybridized carbons (Fsp3) is 0.571. The molecule has 0 saturated carbocycles. The Hall–Kier alpha value is -1.13. The van der Waals surface area contributed by atoms with E-state index in [4.69, 9.17) is 4.74 Å². The number of rotatable bonds is 5. The zero-order valence-corrected chi connectivity index (χ0v) is 10.9. The van der Waals surface area contributed by atoms with Gasteiger partial charge >= 0.3 is 0 Å². The Kier molecular flexibility index (Phi) is 4.96. The number of piperidine rings is 1. The number of hydrogen-bond acceptors (Lipinski definition) is 3. The normalized spacial score (nSPS) is 20.9. The average Bonchev–Trinajstić information content (AvgIpc) is 2.41. The van der Waals surface area contributed by atoms with Crippen LogP contribution in [0.4, 0.5) is 10.1 Å². The van der Waals surface area contributed by atoms with Gasteiger partial charge in [0, 0.05) is 26.7 Å². The van der Waals surface area contributed by atoms with Crippen LogP contribution in [0.25, 0.3) is 0 Å². The molecule has 1 aromatic rings. The first-order chi connectivity index (χ1) is 8.79. The molecule has 4 heteroatoms. The van der Waals surface area contributed by atoms with Crippen molar-refractivity contribution >= 4 is 5.69 Å². The monoisotopic (exact) mass is 252 g/mol. The minimum absolute atomic E-state index is 0.189. The van der Waals surface area contributed by atoms with Crippen LogP contribution in [0.3, 0.4) is 0 Å². The second-order valence-corrected chi connectivity index (χ2v) is 4.71. The SMILES string of the molecule is COC1CCCN(CCNc2ccccc2F)C1. The minimum atomic E-state index is -0.189. The summed E-state index contributed by atoms with van der Waals surface area (Å²) in [6, 6.07) is 6.79. The summed E-state index contributed by atoms with van der Waals surface area (Å²) in [5.41, 5.74) is 0.581. The molecule has 0 bridgehead atoms. The predicted molar refractivity (Wildman–Crippen MR) is 71.4 cm³/mol. The van der Waals surface area contributed by atoms with Crippen LogP contribution >= 0.6 is 0 Å². The predicted octanol–water partition coefficient (Wildman–Crippen LogP) is 2.35. The highest BCUT2D eigenvalue weighted by Crippen LogP contribution is 2.14. The molecule has 18 heavy (non-hydrogen) atoms. The maximum atomic E-state index is 13.4. The van der Waals surface area contributed by atoms with E-state index in [1.807, 2.05) is 6.07 Å². The van der Waals surface area contributed by atoms with Gasteiger partial charge in [-0.05, 0) is 31.5 Å². The number of anilines is 1. The molecule has 1 heterocycles. The van der Waals surface area contributed by atoms with Crippen LogP contribution in [-0.2, 0) is 4.74 Å². The standard InChI is InChI=1S/C14H21FN2O/c1-18-12-5-4-9-17(11-12)10-8-16-14-7-3-2-6-13(14)15/h2-3,6-7,12,16H,4-5,8-11H2,1H3. The molecule has 1 fully saturated rings. The van der Waals surface area contributed by atoms with Gasteiger partial charge in [0.1, 0.15) is 5.82 Å². The molecule has 1 atom stereocenters. The second-order valence-electron chi connectivity index (χ2n) is 4.71. The van der Waals surface area contributed by atoms with Gasteiger partial charge in [-0.25, -0.2) is 4.39 Å². The molecule has 0 aromatic heterocycles. The largest absolute Gasteiger partial charge is 0.381 e. The molecule has 1 saturated heterocycles. The van der Waals surface area contributed by atoms with Gasteiger partial charge in [0.2, 0.25) is 0 Å². The number of likely N-dealkylation sites (tertiary alicyclic amines) is 1. The molecule has 100 valence electrons. The summed E-state index contributed by atoms with van der Waals surface area (Å²) in [6.45, 7) is 3.78. The molecule has 0 aliphatic carbocycles.